The molecule has 1 aliphatic heterocycles. The quantitative estimate of drug-likeness (QED) is 0.506. The summed E-state index contributed by atoms with van der Waals surface area (Å²) < 4.78 is 10.9. The fourth-order valence-electron chi connectivity index (χ4n) is 5.09. The predicted octanol–water partition coefficient (Wildman–Crippen LogP) is 4.99. The van der Waals surface area contributed by atoms with Crippen molar-refractivity contribution in [3.05, 3.63) is 95.6 Å². The number of rotatable bonds is 5. The van der Waals surface area contributed by atoms with Crippen LogP contribution in [0.1, 0.15) is 35.4 Å². The van der Waals surface area contributed by atoms with Gasteiger partial charge in [-0.05, 0) is 40.7 Å². The van der Waals surface area contributed by atoms with Crippen LogP contribution in [0, 0.1) is 0 Å². The summed E-state index contributed by atoms with van der Waals surface area (Å²) in [6, 6.07) is 25.8. The number of esters is 1. The first kappa shape index (κ1) is 22.2. The van der Waals surface area contributed by atoms with Crippen molar-refractivity contribution in [3.8, 4) is 11.1 Å². The number of ether oxygens (including phenoxy) is 2. The van der Waals surface area contributed by atoms with Crippen molar-refractivity contribution in [2.45, 2.75) is 31.3 Å². The molecule has 3 aromatic carbocycles. The molecule has 3 aromatic rings. The van der Waals surface area contributed by atoms with Gasteiger partial charge in [-0.2, -0.15) is 5.01 Å². The van der Waals surface area contributed by atoms with Crippen LogP contribution in [0.4, 0.5) is 4.79 Å². The standard InChI is InChI=1S/C28H28N2O4/c1-33-27(31)26-16-9-17-29(30(26)18-20-10-3-2-4-11-20)28(32)34-19-25-23-14-7-5-12-21(23)22-13-6-8-15-24(22)25/h2-8,10-15,25-26H,9,16-19H2,1H3/t26-/m0/s1. The summed E-state index contributed by atoms with van der Waals surface area (Å²) in [5.74, 6) is -0.354. The number of fused-ring (bicyclic) bond motifs is 3. The van der Waals surface area contributed by atoms with Crippen molar-refractivity contribution < 1.29 is 19.1 Å². The molecule has 2 aliphatic rings. The van der Waals surface area contributed by atoms with Gasteiger partial charge in [-0.15, -0.1) is 0 Å². The Balaban J connectivity index is 1.36. The number of amides is 1. The van der Waals surface area contributed by atoms with Crippen molar-refractivity contribution in [1.82, 2.24) is 10.0 Å². The number of carbonyl (C=O) groups excluding carboxylic acids is 2. The largest absolute Gasteiger partial charge is 0.468 e. The van der Waals surface area contributed by atoms with Gasteiger partial charge in [-0.1, -0.05) is 78.9 Å². The number of hydrogen-bond donors (Lipinski definition) is 0. The van der Waals surface area contributed by atoms with E-state index in [-0.39, 0.29) is 18.5 Å². The number of benzene rings is 3. The van der Waals surface area contributed by atoms with Crippen LogP contribution >= 0.6 is 0 Å². The molecule has 0 saturated carbocycles. The first-order chi connectivity index (χ1) is 16.7. The minimum Gasteiger partial charge on any atom is -0.468 e. The Morgan fingerprint density at radius 1 is 0.882 bits per heavy atom. The second-order valence-corrected chi connectivity index (χ2v) is 8.69. The molecule has 1 amide bonds. The second kappa shape index (κ2) is 9.69. The predicted molar refractivity (Wildman–Crippen MR) is 129 cm³/mol. The maximum Gasteiger partial charge on any atom is 0.424 e. The van der Waals surface area contributed by atoms with Crippen LogP contribution in [0.3, 0.4) is 0 Å². The van der Waals surface area contributed by atoms with Gasteiger partial charge in [0.2, 0.25) is 0 Å². The molecule has 0 aromatic heterocycles. The average molecular weight is 457 g/mol. The molecule has 1 atom stereocenters. The van der Waals surface area contributed by atoms with Crippen LogP contribution in [-0.2, 0) is 20.8 Å². The Bertz CT molecular complexity index is 1130. The van der Waals surface area contributed by atoms with Crippen molar-refractivity contribution in [1.29, 1.82) is 0 Å². The van der Waals surface area contributed by atoms with E-state index in [9.17, 15) is 9.59 Å². The van der Waals surface area contributed by atoms with E-state index < -0.39 is 12.1 Å². The lowest BCUT2D eigenvalue weighted by molar-refractivity contribution is -0.161. The smallest absolute Gasteiger partial charge is 0.424 e. The van der Waals surface area contributed by atoms with Gasteiger partial charge >= 0.3 is 12.1 Å². The van der Waals surface area contributed by atoms with Crippen LogP contribution < -0.4 is 0 Å². The highest BCUT2D eigenvalue weighted by atomic mass is 16.6. The maximum absolute atomic E-state index is 13.3. The molecule has 0 spiro atoms. The lowest BCUT2D eigenvalue weighted by Gasteiger charge is -2.42. The van der Waals surface area contributed by atoms with Gasteiger partial charge < -0.3 is 9.47 Å². The van der Waals surface area contributed by atoms with Crippen LogP contribution in [0.5, 0.6) is 0 Å². The summed E-state index contributed by atoms with van der Waals surface area (Å²) >= 11 is 0. The third kappa shape index (κ3) is 4.17. The van der Waals surface area contributed by atoms with E-state index >= 15 is 0 Å². The summed E-state index contributed by atoms with van der Waals surface area (Å²) in [7, 11) is 1.38. The highest BCUT2D eigenvalue weighted by molar-refractivity contribution is 5.79. The van der Waals surface area contributed by atoms with E-state index in [0.717, 1.165) is 5.56 Å². The third-order valence-corrected chi connectivity index (χ3v) is 6.72. The highest BCUT2D eigenvalue weighted by Crippen LogP contribution is 2.44. The summed E-state index contributed by atoms with van der Waals surface area (Å²) in [4.78, 5) is 25.9. The molecule has 6 nitrogen and oxygen atoms in total. The average Bonchev–Trinajstić information content (AvgIpc) is 3.21. The zero-order valence-electron chi connectivity index (χ0n) is 19.2. The van der Waals surface area contributed by atoms with E-state index in [2.05, 4.69) is 24.3 Å². The summed E-state index contributed by atoms with van der Waals surface area (Å²) in [6.07, 6.45) is 0.897. The van der Waals surface area contributed by atoms with Crippen molar-refractivity contribution >= 4 is 12.1 Å². The Labute approximate surface area is 199 Å². The van der Waals surface area contributed by atoms with Gasteiger partial charge in [0.05, 0.1) is 7.11 Å². The molecular formula is C28H28N2O4. The van der Waals surface area contributed by atoms with E-state index in [4.69, 9.17) is 9.47 Å². The normalized spacial score (nSPS) is 17.7. The third-order valence-electron chi connectivity index (χ3n) is 6.72. The molecule has 0 bridgehead atoms. The SMILES string of the molecule is COC(=O)[C@@H]1CCCN(C(=O)OCC2c3ccccc3-c3ccccc32)N1Cc1ccccc1. The topological polar surface area (TPSA) is 59.1 Å². The zero-order chi connectivity index (χ0) is 23.5. The molecule has 0 radical (unpaired) electrons. The number of hydrogen-bond acceptors (Lipinski definition) is 5. The Kier molecular flexibility index (Phi) is 6.32. The number of methoxy groups -OCH3 is 1. The zero-order valence-corrected chi connectivity index (χ0v) is 19.2. The van der Waals surface area contributed by atoms with Gasteiger partial charge in [0.1, 0.15) is 12.6 Å². The Morgan fingerprint density at radius 3 is 2.15 bits per heavy atom. The number of carbonyl (C=O) groups is 2. The first-order valence-electron chi connectivity index (χ1n) is 11.7. The Hall–Kier alpha value is -3.64. The minimum atomic E-state index is -0.528. The van der Waals surface area contributed by atoms with Crippen LogP contribution in [0.15, 0.2) is 78.9 Å². The summed E-state index contributed by atoms with van der Waals surface area (Å²) in [6.45, 7) is 1.16. The van der Waals surface area contributed by atoms with Crippen molar-refractivity contribution in [2.75, 3.05) is 20.3 Å². The van der Waals surface area contributed by atoms with E-state index in [1.54, 1.807) is 10.0 Å². The maximum atomic E-state index is 13.3. The first-order valence-corrected chi connectivity index (χ1v) is 11.7. The Morgan fingerprint density at radius 2 is 1.50 bits per heavy atom. The number of hydrazine groups is 1. The van der Waals surface area contributed by atoms with Gasteiger partial charge in [-0.25, -0.2) is 9.80 Å². The fourth-order valence-corrected chi connectivity index (χ4v) is 5.09. The summed E-state index contributed by atoms with van der Waals surface area (Å²) in [5, 5.41) is 3.37. The molecule has 1 fully saturated rings. The van der Waals surface area contributed by atoms with Crippen molar-refractivity contribution in [2.24, 2.45) is 0 Å². The molecule has 1 saturated heterocycles. The lowest BCUT2D eigenvalue weighted by Crippen LogP contribution is -2.57. The van der Waals surface area contributed by atoms with Gasteiger partial charge in [0.15, 0.2) is 0 Å². The second-order valence-electron chi connectivity index (χ2n) is 8.69. The van der Waals surface area contributed by atoms with Crippen LogP contribution in [0.25, 0.3) is 11.1 Å². The highest BCUT2D eigenvalue weighted by Gasteiger charge is 2.38. The molecule has 1 heterocycles. The molecule has 0 unspecified atom stereocenters. The molecule has 0 N–H and O–H groups in total. The van der Waals surface area contributed by atoms with E-state index in [1.165, 1.54) is 29.4 Å². The van der Waals surface area contributed by atoms with E-state index in [1.807, 2.05) is 54.6 Å². The van der Waals surface area contributed by atoms with Gasteiger partial charge in [0, 0.05) is 19.0 Å². The van der Waals surface area contributed by atoms with Crippen LogP contribution in [0.2, 0.25) is 0 Å². The molecule has 6 heteroatoms. The lowest BCUT2D eigenvalue weighted by atomic mass is 9.98. The molecule has 1 aliphatic carbocycles. The molecule has 34 heavy (non-hydrogen) atoms. The van der Waals surface area contributed by atoms with Crippen molar-refractivity contribution in [3.63, 3.8) is 0 Å². The summed E-state index contributed by atoms with van der Waals surface area (Å²) in [5.41, 5.74) is 5.73. The van der Waals surface area contributed by atoms with Crippen LogP contribution in [-0.4, -0.2) is 48.4 Å². The molecule has 5 rings (SSSR count). The van der Waals surface area contributed by atoms with Gasteiger partial charge in [0.25, 0.3) is 0 Å². The monoisotopic (exact) mass is 456 g/mol. The minimum absolute atomic E-state index is 0.0138. The molecular weight excluding hydrogens is 428 g/mol. The van der Waals surface area contributed by atoms with Gasteiger partial charge in [-0.3, -0.25) is 4.79 Å². The number of nitrogens with zero attached hydrogens (tertiary/aromatic N) is 2. The fraction of sp³-hybridized carbons (Fsp3) is 0.286. The molecule has 174 valence electrons. The van der Waals surface area contributed by atoms with E-state index in [0.29, 0.717) is 25.9 Å².